The Kier molecular flexibility index (Phi) is 4.67. The summed E-state index contributed by atoms with van der Waals surface area (Å²) in [5.74, 6) is 0. The van der Waals surface area contributed by atoms with Crippen molar-refractivity contribution in [3.63, 3.8) is 0 Å². The van der Waals surface area contributed by atoms with Crippen LogP contribution < -0.4 is 0 Å². The van der Waals surface area contributed by atoms with Crippen molar-refractivity contribution in [3.05, 3.63) is 86.7 Å². The lowest BCUT2D eigenvalue weighted by atomic mass is 10.2. The van der Waals surface area contributed by atoms with Crippen molar-refractivity contribution in [1.82, 2.24) is 4.57 Å². The predicted octanol–water partition coefficient (Wildman–Crippen LogP) is 5.41. The molecule has 3 rings (SSSR count). The van der Waals surface area contributed by atoms with Gasteiger partial charge in [0.1, 0.15) is 0 Å². The van der Waals surface area contributed by atoms with Gasteiger partial charge in [-0.05, 0) is 50.2 Å². The highest BCUT2D eigenvalue weighted by molar-refractivity contribution is 6.30. The van der Waals surface area contributed by atoms with Crippen LogP contribution in [0.15, 0.2) is 59.6 Å². The van der Waals surface area contributed by atoms with Crippen molar-refractivity contribution in [2.24, 2.45) is 4.99 Å². The van der Waals surface area contributed by atoms with Crippen molar-refractivity contribution >= 4 is 29.2 Å². The molecule has 0 spiro atoms. The summed E-state index contributed by atoms with van der Waals surface area (Å²) >= 11 is 5.88. The quantitative estimate of drug-likeness (QED) is 0.358. The van der Waals surface area contributed by atoms with Crippen LogP contribution in [-0.2, 0) is 0 Å². The number of nitro groups is 1. The first-order valence-corrected chi connectivity index (χ1v) is 8.07. The van der Waals surface area contributed by atoms with Crippen molar-refractivity contribution in [2.45, 2.75) is 13.8 Å². The fourth-order valence-electron chi connectivity index (χ4n) is 2.73. The first-order valence-electron chi connectivity index (χ1n) is 7.69. The lowest BCUT2D eigenvalue weighted by molar-refractivity contribution is -0.384. The Morgan fingerprint density at radius 2 is 1.84 bits per heavy atom. The predicted molar refractivity (Wildman–Crippen MR) is 101 cm³/mol. The molecule has 3 aromatic rings. The van der Waals surface area contributed by atoms with Gasteiger partial charge in [-0.2, -0.15) is 0 Å². The van der Waals surface area contributed by atoms with Crippen molar-refractivity contribution in [3.8, 4) is 5.69 Å². The second-order valence-electron chi connectivity index (χ2n) is 5.67. The van der Waals surface area contributed by atoms with E-state index in [1.807, 2.05) is 42.7 Å². The van der Waals surface area contributed by atoms with Gasteiger partial charge in [-0.15, -0.1) is 0 Å². The molecular weight excluding hydrogens is 338 g/mol. The first-order chi connectivity index (χ1) is 12.0. The van der Waals surface area contributed by atoms with Gasteiger partial charge in [0.2, 0.25) is 0 Å². The first kappa shape index (κ1) is 16.9. The molecule has 0 N–H and O–H groups in total. The van der Waals surface area contributed by atoms with Crippen LogP contribution in [0.5, 0.6) is 0 Å². The monoisotopic (exact) mass is 353 g/mol. The van der Waals surface area contributed by atoms with Crippen LogP contribution in [-0.4, -0.2) is 15.7 Å². The number of halogens is 1. The van der Waals surface area contributed by atoms with Crippen LogP contribution in [0.25, 0.3) is 5.69 Å². The van der Waals surface area contributed by atoms with E-state index in [0.29, 0.717) is 5.02 Å². The maximum atomic E-state index is 11.0. The molecule has 1 heterocycles. The van der Waals surface area contributed by atoms with Gasteiger partial charge in [0.05, 0.1) is 16.3 Å². The van der Waals surface area contributed by atoms with Gasteiger partial charge in [-0.1, -0.05) is 17.7 Å². The summed E-state index contributed by atoms with van der Waals surface area (Å²) < 4.78 is 1.98. The summed E-state index contributed by atoms with van der Waals surface area (Å²) in [6, 6.07) is 15.9. The Hall–Kier alpha value is -2.92. The molecule has 126 valence electrons. The number of benzene rings is 2. The van der Waals surface area contributed by atoms with Crippen molar-refractivity contribution < 1.29 is 4.92 Å². The van der Waals surface area contributed by atoms with Crippen LogP contribution in [0.1, 0.15) is 17.0 Å². The summed E-state index contributed by atoms with van der Waals surface area (Å²) in [6.45, 7) is 3.93. The molecule has 0 amide bonds. The molecule has 0 radical (unpaired) electrons. The Morgan fingerprint density at radius 1 is 1.12 bits per heavy atom. The molecule has 25 heavy (non-hydrogen) atoms. The number of hydrogen-bond acceptors (Lipinski definition) is 3. The Bertz CT molecular complexity index is 959. The average Bonchev–Trinajstić information content (AvgIpc) is 2.88. The molecule has 0 saturated heterocycles. The lowest BCUT2D eigenvalue weighted by Crippen LogP contribution is -2.00. The highest BCUT2D eigenvalue weighted by Crippen LogP contribution is 2.24. The van der Waals surface area contributed by atoms with Crippen molar-refractivity contribution in [1.29, 1.82) is 0 Å². The lowest BCUT2D eigenvalue weighted by Gasteiger charge is -2.09. The molecule has 0 bridgehead atoms. The number of aromatic nitrogens is 1. The van der Waals surface area contributed by atoms with E-state index < -0.39 is 0 Å². The normalized spacial score (nSPS) is 11.2. The minimum atomic E-state index is -0.388. The average molecular weight is 354 g/mol. The minimum absolute atomic E-state index is 0.0707. The molecule has 1 aromatic heterocycles. The highest BCUT2D eigenvalue weighted by atomic mass is 35.5. The van der Waals surface area contributed by atoms with Crippen LogP contribution in [0.4, 0.5) is 11.4 Å². The molecule has 0 fully saturated rings. The number of rotatable bonds is 4. The number of hydrogen-bond donors (Lipinski definition) is 0. The Morgan fingerprint density at radius 3 is 2.52 bits per heavy atom. The minimum Gasteiger partial charge on any atom is -0.318 e. The second-order valence-corrected chi connectivity index (χ2v) is 6.11. The summed E-state index contributed by atoms with van der Waals surface area (Å²) in [6.07, 6.45) is 1.79. The third-order valence-electron chi connectivity index (χ3n) is 3.95. The van der Waals surface area contributed by atoms with E-state index in [2.05, 4.69) is 4.99 Å². The van der Waals surface area contributed by atoms with Crippen LogP contribution in [0.2, 0.25) is 5.02 Å². The molecule has 0 unspecified atom stereocenters. The number of non-ortho nitro benzene ring substituents is 1. The van der Waals surface area contributed by atoms with Crippen molar-refractivity contribution in [2.75, 3.05) is 0 Å². The number of aliphatic imine (C=N–C) groups is 1. The van der Waals surface area contributed by atoms with Gasteiger partial charge in [0.15, 0.2) is 0 Å². The Balaban J connectivity index is 1.97. The highest BCUT2D eigenvalue weighted by Gasteiger charge is 2.12. The summed E-state index contributed by atoms with van der Waals surface area (Å²) in [7, 11) is 0. The van der Waals surface area contributed by atoms with Crippen LogP contribution >= 0.6 is 11.6 Å². The maximum absolute atomic E-state index is 11.0. The topological polar surface area (TPSA) is 60.4 Å². The van der Waals surface area contributed by atoms with E-state index in [1.54, 1.807) is 30.5 Å². The zero-order chi connectivity index (χ0) is 18.0. The zero-order valence-corrected chi connectivity index (χ0v) is 14.6. The molecule has 0 aliphatic heterocycles. The van der Waals surface area contributed by atoms with Gasteiger partial charge >= 0.3 is 0 Å². The van der Waals surface area contributed by atoms with Gasteiger partial charge in [0.25, 0.3) is 5.69 Å². The maximum Gasteiger partial charge on any atom is 0.271 e. The second kappa shape index (κ2) is 6.91. The standard InChI is InChI=1S/C19H16ClN3O2/c1-13-10-15(12-21-17-8-6-16(20)7-9-17)14(2)22(13)18-4-3-5-19(11-18)23(24)25/h3-12H,1-2H3. The van der Waals surface area contributed by atoms with E-state index >= 15 is 0 Å². The van der Waals surface area contributed by atoms with Gasteiger partial charge < -0.3 is 4.57 Å². The fourth-order valence-corrected chi connectivity index (χ4v) is 2.86. The third-order valence-corrected chi connectivity index (χ3v) is 4.20. The fraction of sp³-hybridized carbons (Fsp3) is 0.105. The molecule has 0 aliphatic carbocycles. The number of nitrogens with zero attached hydrogens (tertiary/aromatic N) is 3. The molecule has 5 nitrogen and oxygen atoms in total. The molecule has 0 atom stereocenters. The smallest absolute Gasteiger partial charge is 0.271 e. The van der Waals surface area contributed by atoms with E-state index in [1.165, 1.54) is 6.07 Å². The van der Waals surface area contributed by atoms with E-state index in [0.717, 1.165) is 28.3 Å². The SMILES string of the molecule is Cc1cc(C=Nc2ccc(Cl)cc2)c(C)n1-c1cccc([N+](=O)[O-])c1. The molecule has 6 heteroatoms. The molecule has 0 aliphatic rings. The van der Waals surface area contributed by atoms with Crippen LogP contribution in [0.3, 0.4) is 0 Å². The van der Waals surface area contributed by atoms with Gasteiger partial charge in [-0.25, -0.2) is 0 Å². The number of nitro benzene ring substituents is 1. The summed E-state index contributed by atoms with van der Waals surface area (Å²) in [5.41, 5.74) is 4.55. The van der Waals surface area contributed by atoms with Gasteiger partial charge in [0, 0.05) is 40.3 Å². The number of aryl methyl sites for hydroxylation is 1. The summed E-state index contributed by atoms with van der Waals surface area (Å²) in [5, 5.41) is 11.7. The largest absolute Gasteiger partial charge is 0.318 e. The Labute approximate surface area is 150 Å². The van der Waals surface area contributed by atoms with E-state index in [-0.39, 0.29) is 10.6 Å². The zero-order valence-electron chi connectivity index (χ0n) is 13.8. The molecule has 2 aromatic carbocycles. The van der Waals surface area contributed by atoms with Crippen LogP contribution in [0, 0.1) is 24.0 Å². The molecular formula is C19H16ClN3O2. The van der Waals surface area contributed by atoms with Gasteiger partial charge in [-0.3, -0.25) is 15.1 Å². The summed E-state index contributed by atoms with van der Waals surface area (Å²) in [4.78, 5) is 15.1. The van der Waals surface area contributed by atoms with E-state index in [9.17, 15) is 10.1 Å². The molecule has 0 saturated carbocycles. The third kappa shape index (κ3) is 3.61. The van der Waals surface area contributed by atoms with E-state index in [4.69, 9.17) is 11.6 Å².